The minimum Gasteiger partial charge on any atom is -0.486 e. The standard InChI is InChI=1S/C16H11Cl2F3N2O4/c17-9-4-12-13(27-2-1-26-12)5-11(9)22-14(24)7-23-6-8(16(19,20)21)3-10(18)15(23)25/h3-6H,1-2,7H2,(H,22,24). The number of amides is 1. The Bertz CT molecular complexity index is 960. The van der Waals surface area contributed by atoms with Crippen LogP contribution in [0.15, 0.2) is 29.2 Å². The SMILES string of the molecule is O=C(Cn1cc(C(F)(F)F)cc(Cl)c1=O)Nc1cc2c(cc1Cl)OCCO2. The fourth-order valence-corrected chi connectivity index (χ4v) is 2.80. The third-order valence-electron chi connectivity index (χ3n) is 3.59. The number of anilines is 1. The van der Waals surface area contributed by atoms with E-state index in [0.717, 1.165) is 0 Å². The van der Waals surface area contributed by atoms with Crippen LogP contribution in [-0.2, 0) is 17.5 Å². The number of benzene rings is 1. The molecule has 1 aliphatic rings. The van der Waals surface area contributed by atoms with E-state index >= 15 is 0 Å². The summed E-state index contributed by atoms with van der Waals surface area (Å²) in [4.78, 5) is 24.1. The van der Waals surface area contributed by atoms with Crippen molar-refractivity contribution in [2.75, 3.05) is 18.5 Å². The molecule has 0 bridgehead atoms. The highest BCUT2D eigenvalue weighted by Gasteiger charge is 2.32. The van der Waals surface area contributed by atoms with Crippen LogP contribution in [0.1, 0.15) is 5.56 Å². The summed E-state index contributed by atoms with van der Waals surface area (Å²) in [5.74, 6) is -0.00331. The summed E-state index contributed by atoms with van der Waals surface area (Å²) in [5.41, 5.74) is -1.90. The summed E-state index contributed by atoms with van der Waals surface area (Å²) in [6.07, 6.45) is -4.19. The van der Waals surface area contributed by atoms with Crippen LogP contribution in [0.5, 0.6) is 11.5 Å². The van der Waals surface area contributed by atoms with Crippen molar-refractivity contribution in [3.8, 4) is 11.5 Å². The Morgan fingerprint density at radius 1 is 1.11 bits per heavy atom. The number of hydrogen-bond donors (Lipinski definition) is 1. The first-order valence-electron chi connectivity index (χ1n) is 7.51. The van der Waals surface area contributed by atoms with Gasteiger partial charge in [0.15, 0.2) is 11.5 Å². The minimum absolute atomic E-state index is 0.141. The number of carbonyl (C=O) groups is 1. The summed E-state index contributed by atoms with van der Waals surface area (Å²) in [7, 11) is 0. The van der Waals surface area contributed by atoms with Gasteiger partial charge in [-0.2, -0.15) is 13.2 Å². The third-order valence-corrected chi connectivity index (χ3v) is 4.17. The molecule has 0 saturated heterocycles. The average Bonchev–Trinajstić information content (AvgIpc) is 2.58. The van der Waals surface area contributed by atoms with Crippen molar-refractivity contribution in [1.29, 1.82) is 0 Å². The predicted octanol–water partition coefficient (Wildman–Crippen LogP) is 3.58. The molecule has 0 spiro atoms. The van der Waals surface area contributed by atoms with Gasteiger partial charge in [-0.05, 0) is 6.07 Å². The molecule has 1 N–H and O–H groups in total. The first-order chi connectivity index (χ1) is 12.6. The van der Waals surface area contributed by atoms with Crippen LogP contribution in [0.3, 0.4) is 0 Å². The Balaban J connectivity index is 1.83. The monoisotopic (exact) mass is 422 g/mol. The number of nitrogens with one attached hydrogen (secondary N) is 1. The molecule has 1 aromatic heterocycles. The lowest BCUT2D eigenvalue weighted by atomic mass is 10.2. The maximum atomic E-state index is 12.9. The van der Waals surface area contributed by atoms with Gasteiger partial charge in [0.1, 0.15) is 24.8 Å². The molecule has 0 radical (unpaired) electrons. The van der Waals surface area contributed by atoms with Crippen LogP contribution in [0.25, 0.3) is 0 Å². The molecule has 144 valence electrons. The molecule has 0 aliphatic carbocycles. The Morgan fingerprint density at radius 3 is 2.37 bits per heavy atom. The summed E-state index contributed by atoms with van der Waals surface area (Å²) in [5, 5.41) is 1.92. The van der Waals surface area contributed by atoms with Crippen LogP contribution < -0.4 is 20.3 Å². The number of aromatic nitrogens is 1. The number of nitrogens with zero attached hydrogens (tertiary/aromatic N) is 1. The van der Waals surface area contributed by atoms with Crippen LogP contribution in [-0.4, -0.2) is 23.7 Å². The van der Waals surface area contributed by atoms with Gasteiger partial charge in [-0.15, -0.1) is 0 Å². The number of carbonyl (C=O) groups excluding carboxylic acids is 1. The molecule has 0 saturated carbocycles. The molecule has 0 atom stereocenters. The van der Waals surface area contributed by atoms with E-state index in [4.69, 9.17) is 32.7 Å². The van der Waals surface area contributed by atoms with E-state index in [1.807, 2.05) is 0 Å². The Kier molecular flexibility index (Phi) is 5.25. The van der Waals surface area contributed by atoms with E-state index in [9.17, 15) is 22.8 Å². The first kappa shape index (κ1) is 19.4. The van der Waals surface area contributed by atoms with Crippen molar-refractivity contribution in [3.05, 3.63) is 50.4 Å². The van der Waals surface area contributed by atoms with Crippen molar-refractivity contribution in [2.45, 2.75) is 12.7 Å². The number of ether oxygens (including phenoxy) is 2. The van der Waals surface area contributed by atoms with Gasteiger partial charge in [-0.3, -0.25) is 9.59 Å². The molecule has 3 rings (SSSR count). The van der Waals surface area contributed by atoms with Crippen LogP contribution in [0.2, 0.25) is 10.0 Å². The molecule has 2 heterocycles. The van der Waals surface area contributed by atoms with Crippen molar-refractivity contribution in [3.63, 3.8) is 0 Å². The molecule has 11 heteroatoms. The van der Waals surface area contributed by atoms with Gasteiger partial charge in [0.2, 0.25) is 5.91 Å². The van der Waals surface area contributed by atoms with Crippen molar-refractivity contribution in [1.82, 2.24) is 4.57 Å². The number of fused-ring (bicyclic) bond motifs is 1. The van der Waals surface area contributed by atoms with Gasteiger partial charge in [-0.1, -0.05) is 23.2 Å². The zero-order valence-corrected chi connectivity index (χ0v) is 14.9. The van der Waals surface area contributed by atoms with Crippen molar-refractivity contribution < 1.29 is 27.4 Å². The number of rotatable bonds is 3. The molecule has 1 aliphatic heterocycles. The summed E-state index contributed by atoms with van der Waals surface area (Å²) in [6, 6.07) is 3.38. The molecular weight excluding hydrogens is 412 g/mol. The lowest BCUT2D eigenvalue weighted by Crippen LogP contribution is -2.29. The normalized spacial score (nSPS) is 13.4. The zero-order chi connectivity index (χ0) is 19.8. The summed E-state index contributed by atoms with van der Waals surface area (Å²) < 4.78 is 49.9. The largest absolute Gasteiger partial charge is 0.486 e. The highest BCUT2D eigenvalue weighted by Crippen LogP contribution is 2.38. The fraction of sp³-hybridized carbons (Fsp3) is 0.250. The summed E-state index contributed by atoms with van der Waals surface area (Å²) >= 11 is 11.6. The average molecular weight is 423 g/mol. The molecule has 1 amide bonds. The Morgan fingerprint density at radius 2 is 1.74 bits per heavy atom. The fourth-order valence-electron chi connectivity index (χ4n) is 2.38. The number of pyridine rings is 1. The maximum absolute atomic E-state index is 12.9. The highest BCUT2D eigenvalue weighted by atomic mass is 35.5. The molecule has 6 nitrogen and oxygen atoms in total. The van der Waals surface area contributed by atoms with Gasteiger partial charge in [0.05, 0.1) is 16.3 Å². The van der Waals surface area contributed by atoms with E-state index in [1.54, 1.807) is 0 Å². The third kappa shape index (κ3) is 4.30. The van der Waals surface area contributed by atoms with E-state index in [1.165, 1.54) is 12.1 Å². The van der Waals surface area contributed by atoms with Gasteiger partial charge in [0.25, 0.3) is 5.56 Å². The van der Waals surface area contributed by atoms with Gasteiger partial charge < -0.3 is 19.4 Å². The Labute approximate surface area is 160 Å². The lowest BCUT2D eigenvalue weighted by molar-refractivity contribution is -0.138. The van der Waals surface area contributed by atoms with Crippen molar-refractivity contribution in [2.24, 2.45) is 0 Å². The van der Waals surface area contributed by atoms with E-state index in [0.29, 0.717) is 41.5 Å². The molecule has 27 heavy (non-hydrogen) atoms. The topological polar surface area (TPSA) is 69.6 Å². The molecule has 0 fully saturated rings. The van der Waals surface area contributed by atoms with Crippen molar-refractivity contribution >= 4 is 34.8 Å². The number of halogens is 5. The first-order valence-corrected chi connectivity index (χ1v) is 8.27. The molecule has 0 unspecified atom stereocenters. The van der Waals surface area contributed by atoms with Crippen LogP contribution in [0.4, 0.5) is 18.9 Å². The molecule has 2 aromatic rings. The quantitative estimate of drug-likeness (QED) is 0.820. The second-order valence-corrected chi connectivity index (χ2v) is 6.35. The van der Waals surface area contributed by atoms with E-state index in [2.05, 4.69) is 5.32 Å². The van der Waals surface area contributed by atoms with E-state index < -0.39 is 34.8 Å². The zero-order valence-electron chi connectivity index (χ0n) is 13.4. The van der Waals surface area contributed by atoms with Crippen LogP contribution in [0, 0.1) is 0 Å². The van der Waals surface area contributed by atoms with Gasteiger partial charge >= 0.3 is 6.18 Å². The molecular formula is C16H11Cl2F3N2O4. The molecule has 1 aromatic carbocycles. The Hall–Kier alpha value is -2.39. The number of alkyl halides is 3. The summed E-state index contributed by atoms with van der Waals surface area (Å²) in [6.45, 7) is -0.0123. The lowest BCUT2D eigenvalue weighted by Gasteiger charge is -2.20. The van der Waals surface area contributed by atoms with Gasteiger partial charge in [-0.25, -0.2) is 0 Å². The number of hydrogen-bond acceptors (Lipinski definition) is 4. The van der Waals surface area contributed by atoms with Gasteiger partial charge in [0, 0.05) is 18.3 Å². The highest BCUT2D eigenvalue weighted by molar-refractivity contribution is 6.34. The smallest absolute Gasteiger partial charge is 0.417 e. The van der Waals surface area contributed by atoms with E-state index in [-0.39, 0.29) is 10.7 Å². The second kappa shape index (κ2) is 7.32. The predicted molar refractivity (Wildman–Crippen MR) is 91.8 cm³/mol. The minimum atomic E-state index is -4.71. The van der Waals surface area contributed by atoms with Crippen LogP contribution >= 0.6 is 23.2 Å². The second-order valence-electron chi connectivity index (χ2n) is 5.53. The maximum Gasteiger partial charge on any atom is 0.417 e.